The second-order valence-corrected chi connectivity index (χ2v) is 6.04. The summed E-state index contributed by atoms with van der Waals surface area (Å²) in [6, 6.07) is 15.5. The molecule has 2 aromatic rings. The highest BCUT2D eigenvalue weighted by Gasteiger charge is 2.21. The average molecular weight is 278 g/mol. The van der Waals surface area contributed by atoms with Crippen molar-refractivity contribution in [1.82, 2.24) is 0 Å². The molecule has 2 aromatic carbocycles. The molecule has 0 aliphatic heterocycles. The molecule has 21 heavy (non-hydrogen) atoms. The van der Waals surface area contributed by atoms with Crippen LogP contribution in [-0.2, 0) is 6.42 Å². The van der Waals surface area contributed by atoms with Gasteiger partial charge in [0.1, 0.15) is 0 Å². The zero-order valence-electron chi connectivity index (χ0n) is 13.0. The zero-order chi connectivity index (χ0) is 15.4. The van der Waals surface area contributed by atoms with E-state index in [1.807, 2.05) is 48.5 Å². The lowest BCUT2D eigenvalue weighted by atomic mass is 9.98. The summed E-state index contributed by atoms with van der Waals surface area (Å²) >= 11 is 0. The van der Waals surface area contributed by atoms with Crippen LogP contribution in [0.2, 0.25) is 0 Å². The van der Waals surface area contributed by atoms with Crippen LogP contribution < -0.4 is 0 Å². The van der Waals surface area contributed by atoms with Crippen molar-refractivity contribution >= 4 is 11.4 Å². The van der Waals surface area contributed by atoms with E-state index >= 15 is 0 Å². The first kappa shape index (κ1) is 15.2. The molecule has 1 aliphatic rings. The van der Waals surface area contributed by atoms with Crippen LogP contribution in [0.15, 0.2) is 55.1 Å². The fraction of sp³-hybridized carbons (Fsp3) is 0.250. The summed E-state index contributed by atoms with van der Waals surface area (Å²) in [5.41, 5.74) is 4.63. The summed E-state index contributed by atoms with van der Waals surface area (Å²) in [5, 5.41) is 0. The molecule has 0 heterocycles. The lowest BCUT2D eigenvalue weighted by molar-refractivity contribution is 0.103. The van der Waals surface area contributed by atoms with E-state index in [1.165, 1.54) is 0 Å². The molecule has 108 valence electrons. The topological polar surface area (TPSA) is 17.1 Å². The Labute approximate surface area is 127 Å². The monoisotopic (exact) mass is 278 g/mol. The number of carbonyl (C=O) groups is 1. The van der Waals surface area contributed by atoms with Crippen molar-refractivity contribution in [2.45, 2.75) is 27.2 Å². The van der Waals surface area contributed by atoms with Gasteiger partial charge in [-0.05, 0) is 29.0 Å². The number of rotatable bonds is 0. The Kier molecular flexibility index (Phi) is 4.74. The van der Waals surface area contributed by atoms with E-state index in [1.54, 1.807) is 0 Å². The molecular weight excluding hydrogens is 256 g/mol. The largest absolute Gasteiger partial charge is 0.289 e. The van der Waals surface area contributed by atoms with Gasteiger partial charge in [0.25, 0.3) is 0 Å². The minimum absolute atomic E-state index is 0.106. The lowest BCUT2D eigenvalue weighted by Gasteiger charge is -2.05. The Bertz CT molecular complexity index is 662. The van der Waals surface area contributed by atoms with Gasteiger partial charge >= 0.3 is 0 Å². The van der Waals surface area contributed by atoms with Gasteiger partial charge in [0.15, 0.2) is 5.78 Å². The van der Waals surface area contributed by atoms with Gasteiger partial charge in [0, 0.05) is 11.1 Å². The van der Waals surface area contributed by atoms with Crippen LogP contribution in [0.4, 0.5) is 0 Å². The van der Waals surface area contributed by atoms with Crippen molar-refractivity contribution < 1.29 is 4.79 Å². The van der Waals surface area contributed by atoms with Crippen molar-refractivity contribution in [3.63, 3.8) is 0 Å². The van der Waals surface area contributed by atoms with Gasteiger partial charge in [-0.15, -0.1) is 0 Å². The van der Waals surface area contributed by atoms with Gasteiger partial charge in [-0.25, -0.2) is 0 Å². The van der Waals surface area contributed by atoms with E-state index in [9.17, 15) is 4.79 Å². The van der Waals surface area contributed by atoms with Gasteiger partial charge in [-0.1, -0.05) is 75.9 Å². The number of carbonyl (C=O) groups excluding carboxylic acids is 1. The molecule has 0 aromatic heterocycles. The van der Waals surface area contributed by atoms with Crippen LogP contribution in [0, 0.1) is 5.92 Å². The van der Waals surface area contributed by atoms with Crippen LogP contribution in [0.25, 0.3) is 5.57 Å². The molecule has 1 nitrogen and oxygen atoms in total. The third-order valence-electron chi connectivity index (χ3n) is 3.22. The van der Waals surface area contributed by atoms with Gasteiger partial charge in [0.2, 0.25) is 0 Å². The van der Waals surface area contributed by atoms with Gasteiger partial charge in [-0.3, -0.25) is 4.79 Å². The Morgan fingerprint density at radius 2 is 1.33 bits per heavy atom. The number of hydrogen-bond donors (Lipinski definition) is 0. The molecule has 3 rings (SSSR count). The molecule has 0 N–H and O–H groups in total. The average Bonchev–Trinajstić information content (AvgIpc) is 2.56. The standard InChI is InChI=1S/C16H12O.C4H10/c1-11-10-12-6-2-3-8-14(12)16(17)15-9-5-4-7-13(11)15;1-4(2)3/h2-9H,1,10H2;4H,1-3H3. The first-order valence-electron chi connectivity index (χ1n) is 7.40. The lowest BCUT2D eigenvalue weighted by Crippen LogP contribution is -2.03. The molecule has 1 heteroatoms. The molecule has 0 radical (unpaired) electrons. The van der Waals surface area contributed by atoms with E-state index in [0.29, 0.717) is 0 Å². The molecule has 0 spiro atoms. The summed E-state index contributed by atoms with van der Waals surface area (Å²) in [6.07, 6.45) is 0.749. The van der Waals surface area contributed by atoms with E-state index in [4.69, 9.17) is 0 Å². The summed E-state index contributed by atoms with van der Waals surface area (Å²) in [7, 11) is 0. The van der Waals surface area contributed by atoms with Gasteiger partial charge < -0.3 is 0 Å². The maximum Gasteiger partial charge on any atom is 0.193 e. The van der Waals surface area contributed by atoms with E-state index in [-0.39, 0.29) is 5.78 Å². The van der Waals surface area contributed by atoms with E-state index in [0.717, 1.165) is 40.2 Å². The quantitative estimate of drug-likeness (QED) is 0.651. The number of benzene rings is 2. The third kappa shape index (κ3) is 3.49. The molecular formula is C20H22O. The van der Waals surface area contributed by atoms with E-state index in [2.05, 4.69) is 27.4 Å². The maximum absolute atomic E-state index is 12.4. The highest BCUT2D eigenvalue weighted by atomic mass is 16.1. The maximum atomic E-state index is 12.4. The van der Waals surface area contributed by atoms with Crippen LogP contribution in [0.1, 0.15) is 47.8 Å². The number of hydrogen-bond acceptors (Lipinski definition) is 1. The molecule has 1 aliphatic carbocycles. The van der Waals surface area contributed by atoms with Gasteiger partial charge in [-0.2, -0.15) is 0 Å². The summed E-state index contributed by atoms with van der Waals surface area (Å²) < 4.78 is 0. The predicted molar refractivity (Wildman–Crippen MR) is 89.6 cm³/mol. The van der Waals surface area contributed by atoms with Crippen molar-refractivity contribution in [1.29, 1.82) is 0 Å². The van der Waals surface area contributed by atoms with E-state index < -0.39 is 0 Å². The number of allylic oxidation sites excluding steroid dienone is 1. The van der Waals surface area contributed by atoms with Crippen LogP contribution in [0.5, 0.6) is 0 Å². The normalized spacial score (nSPS) is 13.0. The number of fused-ring (bicyclic) bond motifs is 2. The van der Waals surface area contributed by atoms with Crippen molar-refractivity contribution in [3.05, 3.63) is 77.4 Å². The zero-order valence-corrected chi connectivity index (χ0v) is 13.0. The summed E-state index contributed by atoms with van der Waals surface area (Å²) in [4.78, 5) is 12.4. The summed E-state index contributed by atoms with van der Waals surface area (Å²) in [6.45, 7) is 10.6. The Morgan fingerprint density at radius 1 is 0.857 bits per heavy atom. The molecule has 0 bridgehead atoms. The highest BCUT2D eigenvalue weighted by molar-refractivity contribution is 6.13. The van der Waals surface area contributed by atoms with Crippen molar-refractivity contribution in [2.24, 2.45) is 5.92 Å². The minimum Gasteiger partial charge on any atom is -0.289 e. The Hall–Kier alpha value is -2.15. The molecule has 0 saturated heterocycles. The number of ketones is 1. The fourth-order valence-corrected chi connectivity index (χ4v) is 2.36. The first-order valence-corrected chi connectivity index (χ1v) is 7.40. The second kappa shape index (κ2) is 6.53. The first-order chi connectivity index (χ1) is 10.0. The molecule has 0 saturated carbocycles. The molecule has 0 fully saturated rings. The fourth-order valence-electron chi connectivity index (χ4n) is 2.36. The van der Waals surface area contributed by atoms with Gasteiger partial charge in [0.05, 0.1) is 0 Å². The van der Waals surface area contributed by atoms with Crippen molar-refractivity contribution in [2.75, 3.05) is 0 Å². The van der Waals surface area contributed by atoms with Crippen LogP contribution >= 0.6 is 0 Å². The minimum atomic E-state index is 0.106. The molecule has 0 atom stereocenters. The Balaban J connectivity index is 0.000000361. The molecule has 0 unspecified atom stereocenters. The predicted octanol–water partition coefficient (Wildman–Crippen LogP) is 5.15. The van der Waals surface area contributed by atoms with Crippen LogP contribution in [0.3, 0.4) is 0 Å². The highest BCUT2D eigenvalue weighted by Crippen LogP contribution is 2.29. The smallest absolute Gasteiger partial charge is 0.193 e. The van der Waals surface area contributed by atoms with Crippen LogP contribution in [-0.4, -0.2) is 5.78 Å². The SMILES string of the molecule is C=C1Cc2ccccc2C(=O)c2ccccc21.CC(C)C. The summed E-state index contributed by atoms with van der Waals surface area (Å²) in [5.74, 6) is 0.940. The second-order valence-electron chi connectivity index (χ2n) is 6.04. The Morgan fingerprint density at radius 3 is 1.95 bits per heavy atom. The third-order valence-corrected chi connectivity index (χ3v) is 3.22. The van der Waals surface area contributed by atoms with Crippen molar-refractivity contribution in [3.8, 4) is 0 Å². The molecule has 0 amide bonds.